The Balaban J connectivity index is 2.94. The van der Waals surface area contributed by atoms with E-state index in [9.17, 15) is 4.79 Å². The van der Waals surface area contributed by atoms with Gasteiger partial charge in [0.05, 0.1) is 13.2 Å². The van der Waals surface area contributed by atoms with Gasteiger partial charge in [-0.1, -0.05) is 15.9 Å². The third-order valence-corrected chi connectivity index (χ3v) is 3.30. The standard InChI is InChI=1S/C14H17BrN2O2/c1-14(2,9-16)13(18)17(3)8-10-7-11(15)5-6-12(10)19-4/h5-7H,8H2,1-4H3. The van der Waals surface area contributed by atoms with Gasteiger partial charge in [-0.3, -0.25) is 4.79 Å². The molecule has 0 aliphatic heterocycles. The summed E-state index contributed by atoms with van der Waals surface area (Å²) in [5.41, 5.74) is -0.130. The lowest BCUT2D eigenvalue weighted by atomic mass is 9.94. The molecule has 0 heterocycles. The van der Waals surface area contributed by atoms with Gasteiger partial charge < -0.3 is 9.64 Å². The van der Waals surface area contributed by atoms with E-state index in [0.717, 1.165) is 15.8 Å². The monoisotopic (exact) mass is 324 g/mol. The molecule has 1 aromatic carbocycles. The van der Waals surface area contributed by atoms with E-state index in [2.05, 4.69) is 15.9 Å². The van der Waals surface area contributed by atoms with Crippen LogP contribution in [0.25, 0.3) is 0 Å². The van der Waals surface area contributed by atoms with E-state index >= 15 is 0 Å². The lowest BCUT2D eigenvalue weighted by molar-refractivity contribution is -0.136. The number of nitriles is 1. The normalized spacial score (nSPS) is 10.7. The highest BCUT2D eigenvalue weighted by atomic mass is 79.9. The fraction of sp³-hybridized carbons (Fsp3) is 0.429. The van der Waals surface area contributed by atoms with Crippen LogP contribution in [0.1, 0.15) is 19.4 Å². The number of benzene rings is 1. The average Bonchev–Trinajstić information content (AvgIpc) is 2.38. The minimum absolute atomic E-state index is 0.211. The van der Waals surface area contributed by atoms with E-state index in [-0.39, 0.29) is 5.91 Å². The summed E-state index contributed by atoms with van der Waals surface area (Å²) in [5, 5.41) is 8.99. The fourth-order valence-corrected chi connectivity index (χ4v) is 2.13. The Hall–Kier alpha value is -1.54. The maximum absolute atomic E-state index is 12.1. The van der Waals surface area contributed by atoms with Crippen molar-refractivity contribution in [1.82, 2.24) is 4.90 Å². The largest absolute Gasteiger partial charge is 0.496 e. The molecule has 0 spiro atoms. The molecule has 0 atom stereocenters. The molecule has 0 bridgehead atoms. The smallest absolute Gasteiger partial charge is 0.242 e. The van der Waals surface area contributed by atoms with Gasteiger partial charge in [0.15, 0.2) is 0 Å². The summed E-state index contributed by atoms with van der Waals surface area (Å²) in [6.07, 6.45) is 0. The molecule has 1 amide bonds. The number of carbonyl (C=O) groups is 1. The first-order valence-corrected chi connectivity index (χ1v) is 6.60. The molecule has 5 heteroatoms. The molecule has 1 rings (SSSR count). The average molecular weight is 325 g/mol. The molecule has 0 N–H and O–H groups in total. The highest BCUT2D eigenvalue weighted by Crippen LogP contribution is 2.25. The van der Waals surface area contributed by atoms with Crippen LogP contribution in [0.2, 0.25) is 0 Å². The summed E-state index contributed by atoms with van der Waals surface area (Å²) in [4.78, 5) is 13.7. The summed E-state index contributed by atoms with van der Waals surface area (Å²) < 4.78 is 6.19. The summed E-state index contributed by atoms with van der Waals surface area (Å²) in [7, 11) is 3.27. The topological polar surface area (TPSA) is 53.3 Å². The molecule has 0 fully saturated rings. The predicted molar refractivity (Wildman–Crippen MR) is 76.6 cm³/mol. The number of hydrogen-bond acceptors (Lipinski definition) is 3. The number of carbonyl (C=O) groups excluding carboxylic acids is 1. The van der Waals surface area contributed by atoms with E-state index < -0.39 is 5.41 Å². The van der Waals surface area contributed by atoms with Crippen LogP contribution < -0.4 is 4.74 Å². The van der Waals surface area contributed by atoms with Crippen molar-refractivity contribution in [2.24, 2.45) is 5.41 Å². The number of halogens is 1. The molecule has 0 aliphatic carbocycles. The molecule has 0 aliphatic rings. The van der Waals surface area contributed by atoms with Crippen molar-refractivity contribution >= 4 is 21.8 Å². The van der Waals surface area contributed by atoms with Crippen LogP contribution in [0.5, 0.6) is 5.75 Å². The Morgan fingerprint density at radius 2 is 2.16 bits per heavy atom. The molecular formula is C14H17BrN2O2. The second-order valence-corrected chi connectivity index (χ2v) is 5.77. The van der Waals surface area contributed by atoms with Gasteiger partial charge in [0, 0.05) is 23.6 Å². The Labute approximate surface area is 122 Å². The molecule has 19 heavy (non-hydrogen) atoms. The minimum Gasteiger partial charge on any atom is -0.496 e. The number of ether oxygens (including phenoxy) is 1. The zero-order valence-corrected chi connectivity index (χ0v) is 13.1. The highest BCUT2D eigenvalue weighted by molar-refractivity contribution is 9.10. The van der Waals surface area contributed by atoms with Gasteiger partial charge in [0.25, 0.3) is 0 Å². The molecular weight excluding hydrogens is 308 g/mol. The van der Waals surface area contributed by atoms with E-state index in [1.165, 1.54) is 4.90 Å². The summed E-state index contributed by atoms with van der Waals surface area (Å²) in [5.74, 6) is 0.509. The second kappa shape index (κ2) is 6.07. The molecule has 0 aromatic heterocycles. The lowest BCUT2D eigenvalue weighted by Crippen LogP contribution is -2.37. The van der Waals surface area contributed by atoms with Crippen LogP contribution in [0.3, 0.4) is 0 Å². The predicted octanol–water partition coefficient (Wildman–Crippen LogP) is 2.97. The second-order valence-electron chi connectivity index (χ2n) is 4.85. The van der Waals surface area contributed by atoms with Crippen molar-refractivity contribution in [3.8, 4) is 11.8 Å². The van der Waals surface area contributed by atoms with Gasteiger partial charge in [-0.25, -0.2) is 0 Å². The van der Waals surface area contributed by atoms with Crippen molar-refractivity contribution in [3.05, 3.63) is 28.2 Å². The molecule has 0 saturated heterocycles. The number of rotatable bonds is 4. The maximum Gasteiger partial charge on any atom is 0.242 e. The molecule has 4 nitrogen and oxygen atoms in total. The third-order valence-electron chi connectivity index (χ3n) is 2.81. The quantitative estimate of drug-likeness (QED) is 0.855. The first kappa shape index (κ1) is 15.5. The van der Waals surface area contributed by atoms with Crippen LogP contribution in [-0.4, -0.2) is 25.0 Å². The van der Waals surface area contributed by atoms with Crippen molar-refractivity contribution in [3.63, 3.8) is 0 Å². The van der Waals surface area contributed by atoms with Crippen molar-refractivity contribution in [1.29, 1.82) is 5.26 Å². The summed E-state index contributed by atoms with van der Waals surface area (Å²) >= 11 is 3.39. The zero-order valence-electron chi connectivity index (χ0n) is 11.5. The zero-order chi connectivity index (χ0) is 14.6. The van der Waals surface area contributed by atoms with Crippen LogP contribution in [0.4, 0.5) is 0 Å². The highest BCUT2D eigenvalue weighted by Gasteiger charge is 2.30. The van der Waals surface area contributed by atoms with Crippen molar-refractivity contribution in [2.75, 3.05) is 14.2 Å². The van der Waals surface area contributed by atoms with E-state index in [1.54, 1.807) is 28.0 Å². The van der Waals surface area contributed by atoms with Gasteiger partial charge in [0.1, 0.15) is 11.2 Å². The number of nitrogens with zero attached hydrogens (tertiary/aromatic N) is 2. The fourth-order valence-electron chi connectivity index (χ4n) is 1.72. The minimum atomic E-state index is -1.02. The molecule has 0 saturated carbocycles. The number of methoxy groups -OCH3 is 1. The van der Waals surface area contributed by atoms with E-state index in [4.69, 9.17) is 10.00 Å². The summed E-state index contributed by atoms with van der Waals surface area (Å²) in [6, 6.07) is 7.64. The number of amides is 1. The Morgan fingerprint density at radius 3 is 2.68 bits per heavy atom. The Kier molecular flexibility index (Phi) is 4.96. The number of hydrogen-bond donors (Lipinski definition) is 0. The van der Waals surface area contributed by atoms with Crippen LogP contribution in [-0.2, 0) is 11.3 Å². The van der Waals surface area contributed by atoms with Crippen LogP contribution in [0, 0.1) is 16.7 Å². The van der Waals surface area contributed by atoms with Gasteiger partial charge in [-0.2, -0.15) is 5.26 Å². The van der Waals surface area contributed by atoms with Crippen molar-refractivity contribution < 1.29 is 9.53 Å². The van der Waals surface area contributed by atoms with Crippen LogP contribution >= 0.6 is 15.9 Å². The van der Waals surface area contributed by atoms with E-state index in [1.807, 2.05) is 24.3 Å². The maximum atomic E-state index is 12.1. The Bertz CT molecular complexity index is 521. The van der Waals surface area contributed by atoms with Crippen LogP contribution in [0.15, 0.2) is 22.7 Å². The Morgan fingerprint density at radius 1 is 1.53 bits per heavy atom. The van der Waals surface area contributed by atoms with Gasteiger partial charge >= 0.3 is 0 Å². The van der Waals surface area contributed by atoms with E-state index in [0.29, 0.717) is 6.54 Å². The first-order valence-electron chi connectivity index (χ1n) is 5.81. The third kappa shape index (κ3) is 3.71. The van der Waals surface area contributed by atoms with Gasteiger partial charge in [-0.15, -0.1) is 0 Å². The lowest BCUT2D eigenvalue weighted by Gasteiger charge is -2.24. The van der Waals surface area contributed by atoms with Crippen molar-refractivity contribution in [2.45, 2.75) is 20.4 Å². The SMILES string of the molecule is COc1ccc(Br)cc1CN(C)C(=O)C(C)(C)C#N. The molecule has 0 unspecified atom stereocenters. The van der Waals surface area contributed by atoms with Gasteiger partial charge in [0.2, 0.25) is 5.91 Å². The molecule has 1 aromatic rings. The van der Waals surface area contributed by atoms with Gasteiger partial charge in [-0.05, 0) is 32.0 Å². The first-order chi connectivity index (χ1) is 8.81. The molecule has 0 radical (unpaired) electrons. The molecule has 102 valence electrons. The summed E-state index contributed by atoms with van der Waals surface area (Å²) in [6.45, 7) is 3.63.